The number of nitrogens with zero attached hydrogens (tertiary/aromatic N) is 1. The first-order valence-electron chi connectivity index (χ1n) is 6.28. The lowest BCUT2D eigenvalue weighted by Gasteiger charge is -2.26. The second-order valence-corrected chi connectivity index (χ2v) is 4.34. The van der Waals surface area contributed by atoms with E-state index in [0.29, 0.717) is 19.6 Å². The maximum atomic E-state index is 12.0. The fourth-order valence-corrected chi connectivity index (χ4v) is 2.05. The molecule has 0 N–H and O–H groups in total. The third-order valence-corrected chi connectivity index (χ3v) is 3.13. The highest BCUT2D eigenvalue weighted by atomic mass is 16.5. The Bertz CT molecular complexity index is 400. The molecule has 1 fully saturated rings. The molecule has 4 nitrogen and oxygen atoms in total. The summed E-state index contributed by atoms with van der Waals surface area (Å²) in [6.07, 6.45) is 1.31. The van der Waals surface area contributed by atoms with Gasteiger partial charge in [0.1, 0.15) is 5.75 Å². The highest BCUT2D eigenvalue weighted by Crippen LogP contribution is 2.14. The second-order valence-electron chi connectivity index (χ2n) is 4.34. The topological polar surface area (TPSA) is 38.8 Å². The quantitative estimate of drug-likeness (QED) is 0.811. The lowest BCUT2D eigenvalue weighted by Crippen LogP contribution is -2.40. The van der Waals surface area contributed by atoms with Crippen LogP contribution in [0.5, 0.6) is 5.75 Å². The van der Waals surface area contributed by atoms with Crippen LogP contribution in [-0.2, 0) is 16.0 Å². The lowest BCUT2D eigenvalue weighted by atomic mass is 10.1. The van der Waals surface area contributed by atoms with E-state index in [-0.39, 0.29) is 5.91 Å². The minimum absolute atomic E-state index is 0.209. The number of hydrogen-bond donors (Lipinski definition) is 0. The van der Waals surface area contributed by atoms with Gasteiger partial charge in [0.2, 0.25) is 5.91 Å². The minimum atomic E-state index is 0.209. The number of rotatable bonds is 4. The first-order valence-corrected chi connectivity index (χ1v) is 6.28. The van der Waals surface area contributed by atoms with Crippen LogP contribution in [0, 0.1) is 0 Å². The molecular formula is C14H19NO3. The number of carbonyl (C=O) groups excluding carboxylic acids is 1. The van der Waals surface area contributed by atoms with Crippen LogP contribution in [0.1, 0.15) is 12.0 Å². The summed E-state index contributed by atoms with van der Waals surface area (Å²) in [6, 6.07) is 7.86. The van der Waals surface area contributed by atoms with Gasteiger partial charge < -0.3 is 14.4 Å². The van der Waals surface area contributed by atoms with Crippen LogP contribution >= 0.6 is 0 Å². The van der Waals surface area contributed by atoms with Crippen molar-refractivity contribution in [3.8, 4) is 5.75 Å². The number of aryl methyl sites for hydroxylation is 1. The predicted molar refractivity (Wildman–Crippen MR) is 68.7 cm³/mol. The third kappa shape index (κ3) is 3.47. The van der Waals surface area contributed by atoms with Gasteiger partial charge in [-0.3, -0.25) is 4.79 Å². The van der Waals surface area contributed by atoms with Crippen LogP contribution in [0.2, 0.25) is 0 Å². The average Bonchev–Trinajstić information content (AvgIpc) is 2.46. The molecule has 98 valence electrons. The fraction of sp³-hybridized carbons (Fsp3) is 0.500. The van der Waals surface area contributed by atoms with E-state index in [0.717, 1.165) is 30.8 Å². The number of benzene rings is 1. The molecule has 1 aliphatic rings. The van der Waals surface area contributed by atoms with Gasteiger partial charge in [-0.2, -0.15) is 0 Å². The smallest absolute Gasteiger partial charge is 0.223 e. The first kappa shape index (κ1) is 12.9. The molecule has 1 aliphatic heterocycles. The van der Waals surface area contributed by atoms with Gasteiger partial charge in [-0.25, -0.2) is 0 Å². The van der Waals surface area contributed by atoms with Crippen molar-refractivity contribution in [2.24, 2.45) is 0 Å². The summed E-state index contributed by atoms with van der Waals surface area (Å²) in [5.41, 5.74) is 1.14. The molecule has 0 aliphatic carbocycles. The van der Waals surface area contributed by atoms with Crippen molar-refractivity contribution in [1.29, 1.82) is 0 Å². The van der Waals surface area contributed by atoms with Crippen molar-refractivity contribution in [2.45, 2.75) is 12.8 Å². The van der Waals surface area contributed by atoms with E-state index in [1.54, 1.807) is 7.11 Å². The molecule has 2 rings (SSSR count). The van der Waals surface area contributed by atoms with Crippen LogP contribution in [-0.4, -0.2) is 44.2 Å². The summed E-state index contributed by atoms with van der Waals surface area (Å²) in [5, 5.41) is 0. The normalized spacial score (nSPS) is 15.5. The highest BCUT2D eigenvalue weighted by Gasteiger charge is 2.16. The van der Waals surface area contributed by atoms with Gasteiger partial charge in [0.15, 0.2) is 0 Å². The molecule has 0 unspecified atom stereocenters. The Hall–Kier alpha value is -1.55. The Morgan fingerprint density at radius 1 is 1.39 bits per heavy atom. The maximum Gasteiger partial charge on any atom is 0.223 e. The van der Waals surface area contributed by atoms with Crippen LogP contribution < -0.4 is 4.74 Å². The van der Waals surface area contributed by atoms with Crippen molar-refractivity contribution in [3.05, 3.63) is 29.8 Å². The maximum absolute atomic E-state index is 12.0. The molecule has 0 atom stereocenters. The first-order chi connectivity index (χ1) is 8.79. The minimum Gasteiger partial charge on any atom is -0.497 e. The van der Waals surface area contributed by atoms with E-state index in [4.69, 9.17) is 9.47 Å². The predicted octanol–water partition coefficient (Wildman–Crippen LogP) is 1.49. The molecule has 0 bridgehead atoms. The average molecular weight is 249 g/mol. The molecule has 1 aromatic rings. The van der Waals surface area contributed by atoms with Crippen molar-refractivity contribution < 1.29 is 14.3 Å². The lowest BCUT2D eigenvalue weighted by molar-refractivity contribution is -0.135. The van der Waals surface area contributed by atoms with E-state index in [9.17, 15) is 4.79 Å². The fourth-order valence-electron chi connectivity index (χ4n) is 2.05. The van der Waals surface area contributed by atoms with Gasteiger partial charge in [-0.1, -0.05) is 12.1 Å². The largest absolute Gasteiger partial charge is 0.497 e. The summed E-state index contributed by atoms with van der Waals surface area (Å²) < 4.78 is 10.4. The number of amides is 1. The Labute approximate surface area is 107 Å². The molecule has 1 heterocycles. The number of methoxy groups -OCH3 is 1. The van der Waals surface area contributed by atoms with Gasteiger partial charge in [0.05, 0.1) is 20.3 Å². The molecule has 18 heavy (non-hydrogen) atoms. The molecule has 1 amide bonds. The molecule has 0 saturated carbocycles. The molecule has 0 spiro atoms. The molecular weight excluding hydrogens is 230 g/mol. The molecule has 0 radical (unpaired) electrons. The molecule has 4 heteroatoms. The summed E-state index contributed by atoms with van der Waals surface area (Å²) in [7, 11) is 1.65. The Morgan fingerprint density at radius 3 is 2.89 bits per heavy atom. The third-order valence-electron chi connectivity index (χ3n) is 3.13. The summed E-state index contributed by atoms with van der Waals surface area (Å²) in [6.45, 7) is 2.75. The van der Waals surface area contributed by atoms with E-state index in [1.807, 2.05) is 29.2 Å². The van der Waals surface area contributed by atoms with Crippen molar-refractivity contribution >= 4 is 5.91 Å². The standard InChI is InChI=1S/C14H19NO3/c1-17-13-4-2-3-12(11-13)5-6-14(16)15-7-9-18-10-8-15/h2-4,11H,5-10H2,1H3. The SMILES string of the molecule is COc1cccc(CCC(=O)N2CCOCC2)c1. The summed E-state index contributed by atoms with van der Waals surface area (Å²) >= 11 is 0. The van der Waals surface area contributed by atoms with Gasteiger partial charge in [-0.05, 0) is 24.1 Å². The monoisotopic (exact) mass is 249 g/mol. The molecule has 1 aromatic carbocycles. The van der Waals surface area contributed by atoms with Gasteiger partial charge in [-0.15, -0.1) is 0 Å². The zero-order valence-electron chi connectivity index (χ0n) is 10.7. The van der Waals surface area contributed by atoms with E-state index in [1.165, 1.54) is 0 Å². The van der Waals surface area contributed by atoms with Crippen LogP contribution in [0.25, 0.3) is 0 Å². The van der Waals surface area contributed by atoms with Gasteiger partial charge in [0.25, 0.3) is 0 Å². The Morgan fingerprint density at radius 2 is 2.17 bits per heavy atom. The highest BCUT2D eigenvalue weighted by molar-refractivity contribution is 5.76. The zero-order chi connectivity index (χ0) is 12.8. The Kier molecular flexibility index (Phi) is 4.59. The number of morpholine rings is 1. The zero-order valence-corrected chi connectivity index (χ0v) is 10.7. The van der Waals surface area contributed by atoms with Crippen molar-refractivity contribution in [3.63, 3.8) is 0 Å². The van der Waals surface area contributed by atoms with Crippen LogP contribution in [0.15, 0.2) is 24.3 Å². The number of hydrogen-bond acceptors (Lipinski definition) is 3. The summed E-state index contributed by atoms with van der Waals surface area (Å²) in [5.74, 6) is 1.05. The van der Waals surface area contributed by atoms with Crippen molar-refractivity contribution in [1.82, 2.24) is 4.90 Å². The number of ether oxygens (including phenoxy) is 2. The van der Waals surface area contributed by atoms with E-state index in [2.05, 4.69) is 0 Å². The number of carbonyl (C=O) groups is 1. The van der Waals surface area contributed by atoms with Crippen molar-refractivity contribution in [2.75, 3.05) is 33.4 Å². The van der Waals surface area contributed by atoms with E-state index >= 15 is 0 Å². The van der Waals surface area contributed by atoms with Crippen LogP contribution in [0.3, 0.4) is 0 Å². The molecule has 0 aromatic heterocycles. The second kappa shape index (κ2) is 6.40. The van der Waals surface area contributed by atoms with Gasteiger partial charge >= 0.3 is 0 Å². The van der Waals surface area contributed by atoms with E-state index < -0.39 is 0 Å². The van der Waals surface area contributed by atoms with Crippen LogP contribution in [0.4, 0.5) is 0 Å². The Balaban J connectivity index is 1.84. The van der Waals surface area contributed by atoms with Gasteiger partial charge in [0, 0.05) is 19.5 Å². The summed E-state index contributed by atoms with van der Waals surface area (Å²) in [4.78, 5) is 13.8. The molecule has 1 saturated heterocycles.